The van der Waals surface area contributed by atoms with Gasteiger partial charge in [0.2, 0.25) is 6.41 Å². The van der Waals surface area contributed by atoms with Gasteiger partial charge in [0.1, 0.15) is 5.60 Å². The van der Waals surface area contributed by atoms with Crippen molar-refractivity contribution in [3.05, 3.63) is 0 Å². The van der Waals surface area contributed by atoms with E-state index in [-0.39, 0.29) is 6.04 Å². The van der Waals surface area contributed by atoms with E-state index in [1.807, 2.05) is 20.8 Å². The average molecular weight is 286 g/mol. The lowest BCUT2D eigenvalue weighted by molar-refractivity contribution is -0.119. The predicted molar refractivity (Wildman–Crippen MR) is 76.3 cm³/mol. The Morgan fingerprint density at radius 2 is 1.95 bits per heavy atom. The summed E-state index contributed by atoms with van der Waals surface area (Å²) in [5.41, 5.74) is 5.18. The number of amides is 2. The quantitative estimate of drug-likeness (QED) is 0.672. The van der Waals surface area contributed by atoms with Crippen LogP contribution in [0.3, 0.4) is 0 Å². The molecule has 0 aliphatic carbocycles. The van der Waals surface area contributed by atoms with Crippen LogP contribution in [0.5, 0.6) is 0 Å². The molecule has 1 rings (SSSR count). The molecule has 116 valence electrons. The van der Waals surface area contributed by atoms with Crippen molar-refractivity contribution >= 4 is 12.5 Å². The fraction of sp³-hybridized carbons (Fsp3) is 0.846. The van der Waals surface area contributed by atoms with Gasteiger partial charge in [0.05, 0.1) is 6.04 Å². The van der Waals surface area contributed by atoms with Gasteiger partial charge in [-0.25, -0.2) is 4.79 Å². The summed E-state index contributed by atoms with van der Waals surface area (Å²) < 4.78 is 5.21. The zero-order chi connectivity index (χ0) is 15.2. The molecule has 20 heavy (non-hydrogen) atoms. The standard InChI is InChI=1S/C13H26N4O3/c1-13(2,3)20-12(19)15-11(8-14)9-16-4-6-17(10-18)7-5-16/h10-11H,4-9,14H2,1-3H3,(H,15,19). The van der Waals surface area contributed by atoms with Crippen LogP contribution in [0.15, 0.2) is 0 Å². The fourth-order valence-electron chi connectivity index (χ4n) is 2.02. The Labute approximate surface area is 120 Å². The molecule has 0 radical (unpaired) electrons. The molecule has 7 nitrogen and oxygen atoms in total. The number of rotatable bonds is 5. The summed E-state index contributed by atoms with van der Waals surface area (Å²) in [6.07, 6.45) is 0.427. The molecule has 0 bridgehead atoms. The van der Waals surface area contributed by atoms with Crippen LogP contribution in [0.25, 0.3) is 0 Å². The van der Waals surface area contributed by atoms with Gasteiger partial charge in [-0.2, -0.15) is 0 Å². The Bertz CT molecular complexity index is 322. The molecule has 2 amide bonds. The van der Waals surface area contributed by atoms with E-state index < -0.39 is 11.7 Å². The average Bonchev–Trinajstić information content (AvgIpc) is 2.36. The number of ether oxygens (including phenoxy) is 1. The molecule has 3 N–H and O–H groups in total. The number of hydrogen-bond donors (Lipinski definition) is 2. The Kier molecular flexibility index (Phi) is 6.22. The van der Waals surface area contributed by atoms with Crippen LogP contribution in [0.1, 0.15) is 20.8 Å². The van der Waals surface area contributed by atoms with Crippen molar-refractivity contribution in [3.8, 4) is 0 Å². The Balaban J connectivity index is 2.36. The van der Waals surface area contributed by atoms with Crippen LogP contribution >= 0.6 is 0 Å². The molecular formula is C13H26N4O3. The first-order valence-electron chi connectivity index (χ1n) is 6.95. The summed E-state index contributed by atoms with van der Waals surface area (Å²) in [4.78, 5) is 26.3. The highest BCUT2D eigenvalue weighted by atomic mass is 16.6. The summed E-state index contributed by atoms with van der Waals surface area (Å²) in [5.74, 6) is 0. The van der Waals surface area contributed by atoms with Crippen LogP contribution in [-0.4, -0.2) is 73.2 Å². The molecule has 0 saturated carbocycles. The molecule has 0 aromatic carbocycles. The van der Waals surface area contributed by atoms with Gasteiger partial charge in [0.25, 0.3) is 0 Å². The van der Waals surface area contributed by atoms with Crippen LogP contribution in [-0.2, 0) is 9.53 Å². The minimum Gasteiger partial charge on any atom is -0.444 e. The Hall–Kier alpha value is -1.34. The van der Waals surface area contributed by atoms with Gasteiger partial charge in [-0.1, -0.05) is 0 Å². The van der Waals surface area contributed by atoms with Gasteiger partial charge >= 0.3 is 6.09 Å². The van der Waals surface area contributed by atoms with Crippen molar-refractivity contribution in [1.82, 2.24) is 15.1 Å². The van der Waals surface area contributed by atoms with E-state index in [1.165, 1.54) is 0 Å². The molecule has 0 aromatic rings. The minimum absolute atomic E-state index is 0.146. The number of alkyl carbamates (subject to hydrolysis) is 1. The smallest absolute Gasteiger partial charge is 0.407 e. The van der Waals surface area contributed by atoms with E-state index in [1.54, 1.807) is 4.90 Å². The fourth-order valence-corrected chi connectivity index (χ4v) is 2.02. The second-order valence-electron chi connectivity index (χ2n) is 6.02. The summed E-state index contributed by atoms with van der Waals surface area (Å²) in [6.45, 7) is 9.51. The number of carbonyl (C=O) groups excluding carboxylic acids is 2. The number of nitrogens with zero attached hydrogens (tertiary/aromatic N) is 2. The third-order valence-corrected chi connectivity index (χ3v) is 3.04. The van der Waals surface area contributed by atoms with E-state index in [4.69, 9.17) is 10.5 Å². The maximum Gasteiger partial charge on any atom is 0.407 e. The van der Waals surface area contributed by atoms with Crippen molar-refractivity contribution in [1.29, 1.82) is 0 Å². The Morgan fingerprint density at radius 3 is 2.40 bits per heavy atom. The minimum atomic E-state index is -0.515. The predicted octanol–water partition coefficient (Wildman–Crippen LogP) is -0.388. The summed E-state index contributed by atoms with van der Waals surface area (Å²) >= 11 is 0. The topological polar surface area (TPSA) is 87.9 Å². The van der Waals surface area contributed by atoms with E-state index in [0.717, 1.165) is 19.5 Å². The molecule has 1 atom stereocenters. The second kappa shape index (κ2) is 7.44. The number of nitrogens with one attached hydrogen (secondary N) is 1. The van der Waals surface area contributed by atoms with E-state index in [9.17, 15) is 9.59 Å². The lowest BCUT2D eigenvalue weighted by Crippen LogP contribution is -2.53. The van der Waals surface area contributed by atoms with Crippen molar-refractivity contribution in [2.45, 2.75) is 32.4 Å². The number of piperazine rings is 1. The van der Waals surface area contributed by atoms with Gasteiger partial charge < -0.3 is 20.7 Å². The van der Waals surface area contributed by atoms with Gasteiger partial charge in [-0.3, -0.25) is 9.69 Å². The molecule has 7 heteroatoms. The molecule has 0 aromatic heterocycles. The van der Waals surface area contributed by atoms with Crippen LogP contribution in [0, 0.1) is 0 Å². The third-order valence-electron chi connectivity index (χ3n) is 3.04. The maximum atomic E-state index is 11.7. The van der Waals surface area contributed by atoms with Gasteiger partial charge in [-0.05, 0) is 20.8 Å². The van der Waals surface area contributed by atoms with Gasteiger partial charge in [-0.15, -0.1) is 0 Å². The van der Waals surface area contributed by atoms with Gasteiger partial charge in [0.15, 0.2) is 0 Å². The van der Waals surface area contributed by atoms with E-state index >= 15 is 0 Å². The highest BCUT2D eigenvalue weighted by Crippen LogP contribution is 2.07. The Morgan fingerprint density at radius 1 is 1.35 bits per heavy atom. The van der Waals surface area contributed by atoms with E-state index in [2.05, 4.69) is 10.2 Å². The second-order valence-corrected chi connectivity index (χ2v) is 6.02. The zero-order valence-electron chi connectivity index (χ0n) is 12.6. The maximum absolute atomic E-state index is 11.7. The molecule has 1 unspecified atom stereocenters. The highest BCUT2D eigenvalue weighted by molar-refractivity contribution is 5.68. The SMILES string of the molecule is CC(C)(C)OC(=O)NC(CN)CN1CCN(C=O)CC1. The van der Waals surface area contributed by atoms with Crippen LogP contribution < -0.4 is 11.1 Å². The normalized spacial score (nSPS) is 18.5. The largest absolute Gasteiger partial charge is 0.444 e. The molecule has 1 heterocycles. The van der Waals surface area contributed by atoms with Crippen molar-refractivity contribution in [3.63, 3.8) is 0 Å². The molecule has 1 saturated heterocycles. The molecular weight excluding hydrogens is 260 g/mol. The van der Waals surface area contributed by atoms with Crippen molar-refractivity contribution in [2.24, 2.45) is 5.73 Å². The first kappa shape index (κ1) is 16.7. The molecule has 0 spiro atoms. The highest BCUT2D eigenvalue weighted by Gasteiger charge is 2.22. The van der Waals surface area contributed by atoms with Gasteiger partial charge in [0, 0.05) is 39.3 Å². The third kappa shape index (κ3) is 6.21. The summed E-state index contributed by atoms with van der Waals surface area (Å²) in [6, 6.07) is -0.146. The van der Waals surface area contributed by atoms with E-state index in [0.29, 0.717) is 26.2 Å². The lowest BCUT2D eigenvalue weighted by Gasteiger charge is -2.34. The number of hydrogen-bond acceptors (Lipinski definition) is 5. The number of carbonyl (C=O) groups is 2. The number of nitrogens with two attached hydrogens (primary N) is 1. The monoisotopic (exact) mass is 286 g/mol. The molecule has 1 aliphatic heterocycles. The summed E-state index contributed by atoms with van der Waals surface area (Å²) in [7, 11) is 0. The zero-order valence-corrected chi connectivity index (χ0v) is 12.6. The molecule has 1 aliphatic rings. The first-order chi connectivity index (χ1) is 9.34. The summed E-state index contributed by atoms with van der Waals surface area (Å²) in [5, 5.41) is 2.78. The first-order valence-corrected chi connectivity index (χ1v) is 6.95. The van der Waals surface area contributed by atoms with Crippen LogP contribution in [0.4, 0.5) is 4.79 Å². The lowest BCUT2D eigenvalue weighted by atomic mass is 10.2. The van der Waals surface area contributed by atoms with Crippen molar-refractivity contribution in [2.75, 3.05) is 39.3 Å². The van der Waals surface area contributed by atoms with Crippen molar-refractivity contribution < 1.29 is 14.3 Å². The molecule has 1 fully saturated rings. The van der Waals surface area contributed by atoms with Crippen LogP contribution in [0.2, 0.25) is 0 Å².